The molecule has 0 nitrogen and oxygen atoms in total. The Kier molecular flexibility index (Phi) is 15.6. The number of halogens is 2. The maximum absolute atomic E-state index is 2.44. The Bertz CT molecular complexity index is 1230. The Hall–Kier alpha value is -0.226. The summed E-state index contributed by atoms with van der Waals surface area (Å²) in [6, 6.07) is 21.1. The van der Waals surface area contributed by atoms with Gasteiger partial charge in [0.15, 0.2) is 0 Å². The summed E-state index contributed by atoms with van der Waals surface area (Å²) >= 11 is 1.74. The molecule has 4 aromatic rings. The molecule has 4 rings (SSSR count). The topological polar surface area (TPSA) is 0 Å². The van der Waals surface area contributed by atoms with Crippen molar-refractivity contribution in [1.29, 1.82) is 0 Å². The van der Waals surface area contributed by atoms with Crippen LogP contribution in [0.3, 0.4) is 0 Å². The van der Waals surface area contributed by atoms with Gasteiger partial charge in [-0.1, -0.05) is 90.2 Å². The summed E-state index contributed by atoms with van der Waals surface area (Å²) in [5, 5.41) is 5.88. The fourth-order valence-electron chi connectivity index (χ4n) is 4.75. The van der Waals surface area contributed by atoms with E-state index in [1.54, 1.807) is 34.5 Å². The van der Waals surface area contributed by atoms with E-state index < -0.39 is 16.1 Å². The number of aryl methyl sites for hydroxylation is 4. The van der Waals surface area contributed by atoms with Gasteiger partial charge >= 0.3 is 41.9 Å². The van der Waals surface area contributed by atoms with Crippen LogP contribution in [-0.2, 0) is 35.4 Å². The van der Waals surface area contributed by atoms with Gasteiger partial charge in [-0.2, -0.15) is 12.1 Å². The Morgan fingerprint density at radius 3 is 1.18 bits per heavy atom. The van der Waals surface area contributed by atoms with Crippen molar-refractivity contribution >= 4 is 43.1 Å². The molecule has 208 valence electrons. The molecule has 0 N–H and O–H groups in total. The molecule has 0 spiro atoms. The number of hydrogen-bond donors (Lipinski definition) is 0. The van der Waals surface area contributed by atoms with Gasteiger partial charge in [0, 0.05) is 16.1 Å². The van der Waals surface area contributed by atoms with E-state index in [2.05, 4.69) is 129 Å². The maximum atomic E-state index is 2.44. The van der Waals surface area contributed by atoms with Crippen LogP contribution in [0.1, 0.15) is 33.4 Å². The first-order chi connectivity index (χ1) is 16.5. The van der Waals surface area contributed by atoms with Gasteiger partial charge in [-0.05, 0) is 12.1 Å². The van der Waals surface area contributed by atoms with Crippen LogP contribution < -0.4 is 24.8 Å². The molecule has 0 aromatic heterocycles. The average molecular weight is 679 g/mol. The third kappa shape index (κ3) is 12.1. The van der Waals surface area contributed by atoms with Crippen LogP contribution in [0, 0.1) is 27.7 Å². The second kappa shape index (κ2) is 15.7. The molecular weight excluding hydrogens is 631 g/mol. The van der Waals surface area contributed by atoms with Gasteiger partial charge in [0.2, 0.25) is 0 Å². The Morgan fingerprint density at radius 1 is 0.632 bits per heavy atom. The van der Waals surface area contributed by atoms with E-state index >= 15 is 0 Å². The zero-order chi connectivity index (χ0) is 27.4. The maximum Gasteiger partial charge on any atom is 0.0478 e. The van der Waals surface area contributed by atoms with Crippen LogP contribution in [0.25, 0.3) is 21.5 Å². The van der Waals surface area contributed by atoms with Crippen molar-refractivity contribution < 1.29 is 48.1 Å². The molecule has 0 unspecified atom stereocenters. The first-order valence-corrected chi connectivity index (χ1v) is 26.9. The predicted octanol–water partition coefficient (Wildman–Crippen LogP) is 3.98. The van der Waals surface area contributed by atoms with Gasteiger partial charge in [-0.25, -0.2) is 0 Å². The molecule has 0 fully saturated rings. The van der Waals surface area contributed by atoms with Crippen LogP contribution in [0.5, 0.6) is 0 Å². The molecule has 0 heterocycles. The van der Waals surface area contributed by atoms with Gasteiger partial charge in [0.25, 0.3) is 0 Å². The fraction of sp³-hybridized carbons (Fsp3) is 0.438. The van der Waals surface area contributed by atoms with Gasteiger partial charge < -0.3 is 24.8 Å². The largest absolute Gasteiger partial charge is 1.00 e. The molecule has 0 atom stereocenters. The molecule has 0 aliphatic rings. The van der Waals surface area contributed by atoms with Gasteiger partial charge in [0.1, 0.15) is 0 Å². The van der Waals surface area contributed by atoms with E-state index in [1.165, 1.54) is 55.9 Å². The Labute approximate surface area is 263 Å². The van der Waals surface area contributed by atoms with Crippen molar-refractivity contribution in [2.24, 2.45) is 0 Å². The van der Waals surface area contributed by atoms with Crippen molar-refractivity contribution in [1.82, 2.24) is 0 Å². The first kappa shape index (κ1) is 37.8. The summed E-state index contributed by atoms with van der Waals surface area (Å²) in [6.07, 6.45) is 0. The van der Waals surface area contributed by atoms with Crippen molar-refractivity contribution in [3.8, 4) is 0 Å². The summed E-state index contributed by atoms with van der Waals surface area (Å²) in [5.74, 6) is 0. The van der Waals surface area contributed by atoms with Crippen molar-refractivity contribution in [3.05, 3.63) is 81.9 Å². The van der Waals surface area contributed by atoms with E-state index in [4.69, 9.17) is 0 Å². The summed E-state index contributed by atoms with van der Waals surface area (Å²) in [4.78, 5) is 0. The van der Waals surface area contributed by atoms with Crippen LogP contribution in [-0.4, -0.2) is 21.6 Å². The normalized spacial score (nSPS) is 11.1. The quantitative estimate of drug-likeness (QED) is 0.227. The minimum absolute atomic E-state index is 0. The van der Waals surface area contributed by atoms with Gasteiger partial charge in [-0.15, -0.1) is 68.1 Å². The van der Waals surface area contributed by atoms with Crippen molar-refractivity contribution in [2.45, 2.75) is 92.2 Å². The average Bonchev–Trinajstić information content (AvgIpc) is 3.28. The second-order valence-corrected chi connectivity index (χ2v) is 33.6. The molecule has 0 radical (unpaired) electrons. The molecule has 0 saturated carbocycles. The minimum Gasteiger partial charge on any atom is -1.00 e. The van der Waals surface area contributed by atoms with Crippen LogP contribution in [0.15, 0.2) is 48.5 Å². The van der Waals surface area contributed by atoms with E-state index in [0.29, 0.717) is 0 Å². The molecular formula is C32H48Cl2Si3Zr-2. The summed E-state index contributed by atoms with van der Waals surface area (Å²) in [7, 11) is -2.05. The van der Waals surface area contributed by atoms with Crippen molar-refractivity contribution in [3.63, 3.8) is 0 Å². The van der Waals surface area contributed by atoms with Crippen LogP contribution >= 0.6 is 0 Å². The molecule has 6 heteroatoms. The number of fused-ring (bicyclic) bond motifs is 2. The molecule has 38 heavy (non-hydrogen) atoms. The van der Waals surface area contributed by atoms with E-state index in [1.807, 2.05) is 0 Å². The van der Waals surface area contributed by atoms with E-state index in [0.717, 1.165) is 0 Å². The Morgan fingerprint density at radius 2 is 0.921 bits per heavy atom. The smallest absolute Gasteiger partial charge is 0.0478 e. The number of benzene rings is 2. The zero-order valence-corrected chi connectivity index (χ0v) is 32.8. The fourth-order valence-corrected chi connectivity index (χ4v) is 7.65. The monoisotopic (exact) mass is 676 g/mol. The van der Waals surface area contributed by atoms with E-state index in [-0.39, 0.29) is 30.2 Å². The number of hydrogen-bond acceptors (Lipinski definition) is 0. The molecule has 4 aromatic carbocycles. The van der Waals surface area contributed by atoms with Crippen LogP contribution in [0.2, 0.25) is 52.4 Å². The van der Waals surface area contributed by atoms with Gasteiger partial charge in [0.05, 0.1) is 0 Å². The zero-order valence-electron chi connectivity index (χ0n) is 25.8. The summed E-state index contributed by atoms with van der Waals surface area (Å²) in [6.45, 7) is 28.1. The predicted molar refractivity (Wildman–Crippen MR) is 170 cm³/mol. The third-order valence-corrected chi connectivity index (χ3v) is 9.00. The Balaban J connectivity index is 0.000000604. The van der Waals surface area contributed by atoms with Gasteiger partial charge in [-0.3, -0.25) is 0 Å². The van der Waals surface area contributed by atoms with Crippen molar-refractivity contribution in [2.75, 3.05) is 0 Å². The van der Waals surface area contributed by atoms with E-state index in [9.17, 15) is 0 Å². The SMILES string of the molecule is C[Si](C)=[Zr+2].Cc1cc2c(C[Si](C)(C)C)ccc(C)c2[cH-]1.Cc1cc2c(C[Si](C)(C)C)ccc(C)c2[cH-]1.[Cl-].[Cl-]. The first-order valence-electron chi connectivity index (χ1n) is 13.3. The molecule has 0 bridgehead atoms. The molecule has 0 saturated heterocycles. The standard InChI is InChI=1S/2C15H21Si.C2H6Si.2ClH.Zr/c2*1-11-8-14-12(2)6-7-13(15(14)9-11)10-16(3,4)5;1-3-2;;;/h2*6-9H,10H2,1-5H3;1-2H3;2*1H;/q2*-1;;;;+2/p-2. The molecule has 0 amide bonds. The summed E-state index contributed by atoms with van der Waals surface area (Å²) in [5.41, 5.74) is 8.90. The molecule has 0 aliphatic heterocycles. The molecule has 0 aliphatic carbocycles. The van der Waals surface area contributed by atoms with Crippen LogP contribution in [0.4, 0.5) is 0 Å². The minimum atomic E-state index is -1.02. The number of rotatable bonds is 4. The summed E-state index contributed by atoms with van der Waals surface area (Å²) < 4.78 is 0. The third-order valence-electron chi connectivity index (χ3n) is 6.12. The second-order valence-electron chi connectivity index (χ2n) is 13.3.